The number of hydrogen-bond donors (Lipinski definition) is 1. The maximum absolute atomic E-state index is 10.7. The van der Waals surface area contributed by atoms with Gasteiger partial charge < -0.3 is 10.1 Å². The molecule has 0 amide bonds. The Balaban J connectivity index is 1.78. The minimum Gasteiger partial charge on any atom is -0.437 e. The van der Waals surface area contributed by atoms with E-state index in [-0.39, 0.29) is 10.7 Å². The van der Waals surface area contributed by atoms with Crippen LogP contribution in [0.15, 0.2) is 61.1 Å². The molecule has 0 unspecified atom stereocenters. The third-order valence-electron chi connectivity index (χ3n) is 3.04. The molecule has 3 aromatic rings. The Hall–Kier alpha value is -3.19. The van der Waals surface area contributed by atoms with Crippen LogP contribution in [-0.4, -0.2) is 14.9 Å². The quantitative estimate of drug-likeness (QED) is 0.539. The fourth-order valence-corrected chi connectivity index (χ4v) is 2.19. The number of nitro benzene ring substituents is 1. The number of rotatable bonds is 5. The Kier molecular flexibility index (Phi) is 4.53. The van der Waals surface area contributed by atoms with Crippen molar-refractivity contribution in [2.45, 2.75) is 0 Å². The Morgan fingerprint density at radius 2 is 2.04 bits per heavy atom. The van der Waals surface area contributed by atoms with Crippen molar-refractivity contribution in [1.29, 1.82) is 0 Å². The van der Waals surface area contributed by atoms with Crippen LogP contribution in [0.2, 0.25) is 5.02 Å². The molecule has 0 saturated heterocycles. The summed E-state index contributed by atoms with van der Waals surface area (Å²) in [4.78, 5) is 18.2. The lowest BCUT2D eigenvalue weighted by Gasteiger charge is -2.10. The first-order valence-corrected chi connectivity index (χ1v) is 7.24. The first kappa shape index (κ1) is 15.7. The van der Waals surface area contributed by atoms with Gasteiger partial charge in [-0.1, -0.05) is 17.7 Å². The summed E-state index contributed by atoms with van der Waals surface area (Å²) in [5, 5.41) is 14.1. The van der Waals surface area contributed by atoms with E-state index in [9.17, 15) is 10.1 Å². The largest absolute Gasteiger partial charge is 0.437 e. The third-order valence-corrected chi connectivity index (χ3v) is 3.35. The molecule has 2 aromatic carbocycles. The van der Waals surface area contributed by atoms with E-state index in [1.54, 1.807) is 30.5 Å². The fraction of sp³-hybridized carbons (Fsp3) is 0. The van der Waals surface area contributed by atoms with E-state index in [1.807, 2.05) is 6.07 Å². The van der Waals surface area contributed by atoms with Gasteiger partial charge in [0.05, 0.1) is 21.8 Å². The van der Waals surface area contributed by atoms with E-state index in [0.717, 1.165) is 0 Å². The number of nitrogens with one attached hydrogen (secondary N) is 1. The van der Waals surface area contributed by atoms with Crippen LogP contribution in [0.25, 0.3) is 0 Å². The van der Waals surface area contributed by atoms with Crippen molar-refractivity contribution in [3.05, 3.63) is 76.2 Å². The normalized spacial score (nSPS) is 10.2. The molecule has 0 radical (unpaired) electrons. The van der Waals surface area contributed by atoms with Crippen molar-refractivity contribution in [3.8, 4) is 11.6 Å². The molecule has 8 heteroatoms. The van der Waals surface area contributed by atoms with Crippen molar-refractivity contribution in [3.63, 3.8) is 0 Å². The SMILES string of the molecule is O=[N+]([O-])c1ccc(Nc2cccc(Oc3cnccn3)c2)c(Cl)c1. The highest BCUT2D eigenvalue weighted by molar-refractivity contribution is 6.33. The number of benzene rings is 2. The van der Waals surface area contributed by atoms with E-state index in [0.29, 0.717) is 23.0 Å². The Morgan fingerprint density at radius 3 is 2.75 bits per heavy atom. The fourth-order valence-electron chi connectivity index (χ4n) is 1.97. The molecule has 0 fully saturated rings. The van der Waals surface area contributed by atoms with Crippen molar-refractivity contribution in [2.75, 3.05) is 5.32 Å². The van der Waals surface area contributed by atoms with E-state index in [1.165, 1.54) is 24.5 Å². The predicted octanol–water partition coefficient (Wildman–Crippen LogP) is 4.57. The number of aromatic nitrogens is 2. The number of anilines is 2. The molecule has 1 N–H and O–H groups in total. The second-order valence-corrected chi connectivity index (χ2v) is 5.13. The Morgan fingerprint density at radius 1 is 1.17 bits per heavy atom. The molecular weight excluding hydrogens is 332 g/mol. The van der Waals surface area contributed by atoms with Crippen molar-refractivity contribution < 1.29 is 9.66 Å². The van der Waals surface area contributed by atoms with Crippen molar-refractivity contribution in [2.24, 2.45) is 0 Å². The van der Waals surface area contributed by atoms with Gasteiger partial charge in [-0.2, -0.15) is 0 Å². The van der Waals surface area contributed by atoms with Crippen LogP contribution in [-0.2, 0) is 0 Å². The van der Waals surface area contributed by atoms with Gasteiger partial charge in [0.25, 0.3) is 5.69 Å². The number of halogens is 1. The highest BCUT2D eigenvalue weighted by Gasteiger charge is 2.10. The number of non-ortho nitro benzene ring substituents is 1. The van der Waals surface area contributed by atoms with Crippen LogP contribution < -0.4 is 10.1 Å². The average molecular weight is 343 g/mol. The number of hydrogen-bond acceptors (Lipinski definition) is 6. The maximum Gasteiger partial charge on any atom is 0.271 e. The topological polar surface area (TPSA) is 90.2 Å². The number of ether oxygens (including phenoxy) is 1. The average Bonchev–Trinajstić information content (AvgIpc) is 2.58. The van der Waals surface area contributed by atoms with Crippen molar-refractivity contribution in [1.82, 2.24) is 9.97 Å². The molecule has 0 aliphatic rings. The maximum atomic E-state index is 10.7. The second kappa shape index (κ2) is 6.93. The molecule has 0 aliphatic carbocycles. The van der Waals surface area contributed by atoms with Gasteiger partial charge in [0.2, 0.25) is 5.88 Å². The Labute approximate surface area is 142 Å². The van der Waals surface area contributed by atoms with Crippen LogP contribution in [0.4, 0.5) is 17.1 Å². The molecule has 0 saturated carbocycles. The standard InChI is InChI=1S/C16H11ClN4O3/c17-14-9-12(21(22)23)4-5-15(14)20-11-2-1-3-13(8-11)24-16-10-18-6-7-19-16/h1-10,20H. The van der Waals surface area contributed by atoms with Gasteiger partial charge in [0.1, 0.15) is 5.75 Å². The minimum absolute atomic E-state index is 0.0645. The molecular formula is C16H11ClN4O3. The first-order chi connectivity index (χ1) is 11.6. The predicted molar refractivity (Wildman–Crippen MR) is 89.9 cm³/mol. The lowest BCUT2D eigenvalue weighted by atomic mass is 10.2. The third kappa shape index (κ3) is 3.76. The number of nitrogens with zero attached hydrogens (tertiary/aromatic N) is 3. The summed E-state index contributed by atoms with van der Waals surface area (Å²) in [6.45, 7) is 0. The zero-order valence-corrected chi connectivity index (χ0v) is 13.0. The molecule has 0 spiro atoms. The molecule has 1 heterocycles. The van der Waals surface area contributed by atoms with Crippen molar-refractivity contribution >= 4 is 28.7 Å². The lowest BCUT2D eigenvalue weighted by molar-refractivity contribution is -0.384. The highest BCUT2D eigenvalue weighted by Crippen LogP contribution is 2.30. The smallest absolute Gasteiger partial charge is 0.271 e. The van der Waals surface area contributed by atoms with Crippen LogP contribution >= 0.6 is 11.6 Å². The highest BCUT2D eigenvalue weighted by atomic mass is 35.5. The summed E-state index contributed by atoms with van der Waals surface area (Å²) >= 11 is 6.08. The molecule has 24 heavy (non-hydrogen) atoms. The van der Waals surface area contributed by atoms with Crippen LogP contribution in [0.3, 0.4) is 0 Å². The summed E-state index contributed by atoms with van der Waals surface area (Å²) in [5.41, 5.74) is 1.20. The van der Waals surface area contributed by atoms with Crippen LogP contribution in [0, 0.1) is 10.1 Å². The van der Waals surface area contributed by atoms with Gasteiger partial charge >= 0.3 is 0 Å². The molecule has 0 bridgehead atoms. The summed E-state index contributed by atoms with van der Waals surface area (Å²) in [6.07, 6.45) is 4.60. The van der Waals surface area contributed by atoms with Gasteiger partial charge in [-0.15, -0.1) is 0 Å². The summed E-state index contributed by atoms with van der Waals surface area (Å²) in [5.74, 6) is 0.946. The zero-order valence-electron chi connectivity index (χ0n) is 12.2. The van der Waals surface area contributed by atoms with Crippen LogP contribution in [0.1, 0.15) is 0 Å². The first-order valence-electron chi connectivity index (χ1n) is 6.87. The molecule has 7 nitrogen and oxygen atoms in total. The van der Waals surface area contributed by atoms with E-state index < -0.39 is 4.92 Å². The minimum atomic E-state index is -0.495. The van der Waals surface area contributed by atoms with E-state index in [2.05, 4.69) is 15.3 Å². The lowest BCUT2D eigenvalue weighted by Crippen LogP contribution is -1.94. The molecule has 0 atom stereocenters. The van der Waals surface area contributed by atoms with E-state index >= 15 is 0 Å². The second-order valence-electron chi connectivity index (χ2n) is 4.72. The molecule has 3 rings (SSSR count). The summed E-state index contributed by atoms with van der Waals surface area (Å²) < 4.78 is 5.60. The van der Waals surface area contributed by atoms with E-state index in [4.69, 9.17) is 16.3 Å². The summed E-state index contributed by atoms with van der Waals surface area (Å²) in [6, 6.07) is 11.4. The van der Waals surface area contributed by atoms with Crippen LogP contribution in [0.5, 0.6) is 11.6 Å². The molecule has 1 aromatic heterocycles. The zero-order chi connectivity index (χ0) is 16.9. The molecule has 120 valence electrons. The van der Waals surface area contributed by atoms with Gasteiger partial charge in [0, 0.05) is 36.3 Å². The van der Waals surface area contributed by atoms with Gasteiger partial charge in [-0.05, 0) is 18.2 Å². The monoisotopic (exact) mass is 342 g/mol. The van der Waals surface area contributed by atoms with Gasteiger partial charge in [-0.25, -0.2) is 4.98 Å². The number of nitro groups is 1. The van der Waals surface area contributed by atoms with Gasteiger partial charge in [0.15, 0.2) is 0 Å². The summed E-state index contributed by atoms with van der Waals surface area (Å²) in [7, 11) is 0. The molecule has 0 aliphatic heterocycles. The van der Waals surface area contributed by atoms with Gasteiger partial charge in [-0.3, -0.25) is 15.1 Å². The Bertz CT molecular complexity index is 874.